The molecular weight excluding hydrogens is 444 g/mol. The zero-order valence-electron chi connectivity index (χ0n) is 19.1. The number of carboxylic acids is 1. The van der Waals surface area contributed by atoms with Crippen molar-refractivity contribution in [2.24, 2.45) is 5.92 Å². The molecule has 9 nitrogen and oxygen atoms in total. The number of aromatic nitrogens is 1. The summed E-state index contributed by atoms with van der Waals surface area (Å²) in [6.45, 7) is 5.28. The van der Waals surface area contributed by atoms with Crippen LogP contribution in [0.2, 0.25) is 0 Å². The van der Waals surface area contributed by atoms with E-state index in [0.29, 0.717) is 12.1 Å². The van der Waals surface area contributed by atoms with Crippen LogP contribution in [0, 0.1) is 5.92 Å². The molecule has 0 bridgehead atoms. The third-order valence-corrected chi connectivity index (χ3v) is 4.83. The van der Waals surface area contributed by atoms with Gasteiger partial charge in [-0.25, -0.2) is 9.78 Å². The molecule has 33 heavy (non-hydrogen) atoms. The maximum Gasteiger partial charge on any atom is 0.326 e. The van der Waals surface area contributed by atoms with Gasteiger partial charge in [-0.15, -0.1) is 0 Å². The van der Waals surface area contributed by atoms with Gasteiger partial charge in [-0.1, -0.05) is 38.1 Å². The van der Waals surface area contributed by atoms with E-state index in [2.05, 4.69) is 33.6 Å². The van der Waals surface area contributed by atoms with Crippen LogP contribution in [0.3, 0.4) is 0 Å². The van der Waals surface area contributed by atoms with Crippen LogP contribution in [0.4, 0.5) is 0 Å². The molecule has 0 saturated carbocycles. The second kappa shape index (κ2) is 14.8. The van der Waals surface area contributed by atoms with E-state index in [-0.39, 0.29) is 36.2 Å². The summed E-state index contributed by atoms with van der Waals surface area (Å²) in [6.07, 6.45) is 6.73. The van der Waals surface area contributed by atoms with Gasteiger partial charge in [0.25, 0.3) is 11.8 Å². The van der Waals surface area contributed by atoms with Gasteiger partial charge in [0.2, 0.25) is 5.91 Å². The number of carboxylic acid groups (broad SMARTS) is 1. The number of aliphatic carboxylic acids is 1. The van der Waals surface area contributed by atoms with Crippen molar-refractivity contribution in [1.29, 1.82) is 0 Å². The largest absolute Gasteiger partial charge is 0.480 e. The Kier molecular flexibility index (Phi) is 12.5. The lowest BCUT2D eigenvalue weighted by Gasteiger charge is -2.15. The fourth-order valence-corrected chi connectivity index (χ4v) is 2.90. The van der Waals surface area contributed by atoms with E-state index in [1.807, 2.05) is 19.1 Å². The number of nitrogens with zero attached hydrogens (tertiary/aromatic N) is 1. The summed E-state index contributed by atoms with van der Waals surface area (Å²) in [5.41, 5.74) is 0.458. The normalized spacial score (nSPS) is 13.3. The third-order valence-electron chi connectivity index (χ3n) is 4.57. The zero-order chi connectivity index (χ0) is 24.8. The molecule has 0 saturated heterocycles. The van der Waals surface area contributed by atoms with Crippen molar-refractivity contribution >= 4 is 36.3 Å². The summed E-state index contributed by atoms with van der Waals surface area (Å²) in [5.74, 6) is -1.78. The molecule has 1 aromatic rings. The second-order valence-electron chi connectivity index (χ2n) is 7.34. The third kappa shape index (κ3) is 10.3. The standard InChI is InChI=1S/C23H32N4O5S/c1-4-17(21(29)27-18(5-2)23(31)32)26-22(30)19-11-8-10-16(25-19)14-24-20(28)13-15(3)9-6-7-12-33/h4,6,8-11,15,18,33H,5,7,12-14H2,1-3H3,(H,24,28)(H,26,30)(H,27,29)(H,31,32)/b9-6+,17-4-/t15-,18+/m1/s1. The van der Waals surface area contributed by atoms with Crippen LogP contribution in [0.25, 0.3) is 0 Å². The first-order valence-corrected chi connectivity index (χ1v) is 11.4. The van der Waals surface area contributed by atoms with E-state index in [1.54, 1.807) is 26.0 Å². The molecule has 10 heteroatoms. The quantitative estimate of drug-likeness (QED) is 0.168. The van der Waals surface area contributed by atoms with Crippen LogP contribution in [-0.2, 0) is 20.9 Å². The summed E-state index contributed by atoms with van der Waals surface area (Å²) in [7, 11) is 0. The van der Waals surface area contributed by atoms with E-state index in [0.717, 1.165) is 12.2 Å². The Labute approximate surface area is 199 Å². The van der Waals surface area contributed by atoms with Crippen LogP contribution in [-0.4, -0.2) is 45.6 Å². The van der Waals surface area contributed by atoms with Crippen molar-refractivity contribution in [3.05, 3.63) is 53.5 Å². The highest BCUT2D eigenvalue weighted by molar-refractivity contribution is 7.80. The van der Waals surface area contributed by atoms with Crippen LogP contribution < -0.4 is 16.0 Å². The first kappa shape index (κ1) is 27.9. The van der Waals surface area contributed by atoms with Crippen LogP contribution in [0.5, 0.6) is 0 Å². The highest BCUT2D eigenvalue weighted by atomic mass is 32.1. The molecule has 0 fully saturated rings. The van der Waals surface area contributed by atoms with Crippen LogP contribution >= 0.6 is 12.6 Å². The number of carbonyl (C=O) groups excluding carboxylic acids is 3. The molecule has 0 aromatic carbocycles. The van der Waals surface area contributed by atoms with Gasteiger partial charge in [0.05, 0.1) is 12.2 Å². The lowest BCUT2D eigenvalue weighted by Crippen LogP contribution is -2.44. The maximum atomic E-state index is 12.6. The number of hydrogen-bond donors (Lipinski definition) is 5. The lowest BCUT2D eigenvalue weighted by atomic mass is 10.1. The summed E-state index contributed by atoms with van der Waals surface area (Å²) in [6, 6.07) is 3.72. The van der Waals surface area contributed by atoms with Gasteiger partial charge < -0.3 is 21.1 Å². The number of hydrogen-bond acceptors (Lipinski definition) is 6. The predicted molar refractivity (Wildman–Crippen MR) is 129 cm³/mol. The number of nitrogens with one attached hydrogen (secondary N) is 3. The molecule has 180 valence electrons. The number of pyridine rings is 1. The zero-order valence-corrected chi connectivity index (χ0v) is 20.0. The highest BCUT2D eigenvalue weighted by Crippen LogP contribution is 2.06. The second-order valence-corrected chi connectivity index (χ2v) is 7.79. The Balaban J connectivity index is 2.69. The van der Waals surface area contributed by atoms with Crippen molar-refractivity contribution < 1.29 is 24.3 Å². The van der Waals surface area contributed by atoms with Crippen molar-refractivity contribution in [3.63, 3.8) is 0 Å². The summed E-state index contributed by atoms with van der Waals surface area (Å²) in [4.78, 5) is 52.3. The van der Waals surface area contributed by atoms with Gasteiger partial charge >= 0.3 is 5.97 Å². The van der Waals surface area contributed by atoms with Gasteiger partial charge in [-0.3, -0.25) is 14.4 Å². The lowest BCUT2D eigenvalue weighted by molar-refractivity contribution is -0.141. The first-order chi connectivity index (χ1) is 15.7. The van der Waals surface area contributed by atoms with E-state index < -0.39 is 23.8 Å². The molecule has 0 spiro atoms. The monoisotopic (exact) mass is 476 g/mol. The average Bonchev–Trinajstić information content (AvgIpc) is 2.79. The van der Waals surface area contributed by atoms with E-state index >= 15 is 0 Å². The number of amides is 3. The molecule has 1 aromatic heterocycles. The maximum absolute atomic E-state index is 12.6. The molecule has 0 aliphatic rings. The smallest absolute Gasteiger partial charge is 0.326 e. The Morgan fingerprint density at radius 3 is 2.58 bits per heavy atom. The van der Waals surface area contributed by atoms with E-state index in [4.69, 9.17) is 5.11 Å². The molecule has 4 N–H and O–H groups in total. The Bertz CT molecular complexity index is 901. The van der Waals surface area contributed by atoms with Gasteiger partial charge in [0.1, 0.15) is 17.4 Å². The van der Waals surface area contributed by atoms with E-state index in [9.17, 15) is 19.2 Å². The Hall–Kier alpha value is -3.14. The van der Waals surface area contributed by atoms with Crippen molar-refractivity contribution in [2.75, 3.05) is 5.75 Å². The van der Waals surface area contributed by atoms with Crippen molar-refractivity contribution in [1.82, 2.24) is 20.9 Å². The first-order valence-electron chi connectivity index (χ1n) is 10.7. The highest BCUT2D eigenvalue weighted by Gasteiger charge is 2.21. The predicted octanol–water partition coefficient (Wildman–Crippen LogP) is 2.21. The average molecular weight is 477 g/mol. The summed E-state index contributed by atoms with van der Waals surface area (Å²) < 4.78 is 0. The molecule has 1 heterocycles. The Morgan fingerprint density at radius 1 is 1.24 bits per heavy atom. The molecule has 0 aliphatic heterocycles. The molecule has 0 aliphatic carbocycles. The molecule has 2 atom stereocenters. The van der Waals surface area contributed by atoms with Crippen LogP contribution in [0.15, 0.2) is 42.1 Å². The molecule has 0 radical (unpaired) electrons. The minimum atomic E-state index is -1.16. The fraction of sp³-hybridized carbons (Fsp3) is 0.435. The van der Waals surface area contributed by atoms with Gasteiger partial charge in [0.15, 0.2) is 0 Å². The van der Waals surface area contributed by atoms with Crippen molar-refractivity contribution in [3.8, 4) is 0 Å². The van der Waals surface area contributed by atoms with Crippen LogP contribution in [0.1, 0.15) is 56.2 Å². The summed E-state index contributed by atoms with van der Waals surface area (Å²) >= 11 is 4.14. The summed E-state index contributed by atoms with van der Waals surface area (Å²) in [5, 5.41) is 16.7. The van der Waals surface area contributed by atoms with E-state index in [1.165, 1.54) is 12.1 Å². The number of thiol groups is 1. The number of carbonyl (C=O) groups is 4. The van der Waals surface area contributed by atoms with Crippen molar-refractivity contribution in [2.45, 2.75) is 52.6 Å². The Morgan fingerprint density at radius 2 is 1.97 bits per heavy atom. The minimum absolute atomic E-state index is 0.0576. The molecule has 3 amide bonds. The fourth-order valence-electron chi connectivity index (χ4n) is 2.75. The molecule has 1 rings (SSSR count). The van der Waals surface area contributed by atoms with Gasteiger partial charge in [0, 0.05) is 6.42 Å². The minimum Gasteiger partial charge on any atom is -0.480 e. The van der Waals surface area contributed by atoms with Gasteiger partial charge in [-0.2, -0.15) is 12.6 Å². The SMILES string of the molecule is C/C=C(\NC(=O)c1cccc(CNC(=O)C[C@H](C)/C=C/CCS)n1)C(=O)N[C@@H](CC)C(=O)O. The number of allylic oxidation sites excluding steroid dienone is 3. The number of rotatable bonds is 13. The molecular formula is C23H32N4O5S. The van der Waals surface area contributed by atoms with Gasteiger partial charge in [-0.05, 0) is 43.6 Å². The molecule has 0 unspecified atom stereocenters. The topological polar surface area (TPSA) is 137 Å².